The maximum absolute atomic E-state index is 10.6. The van der Waals surface area contributed by atoms with Crippen molar-refractivity contribution >= 4 is 18.1 Å². The highest BCUT2D eigenvalue weighted by Gasteiger charge is 2.13. The second-order valence-corrected chi connectivity index (χ2v) is 2.01. The van der Waals surface area contributed by atoms with Gasteiger partial charge in [0, 0.05) is 12.5 Å². The molecule has 0 spiro atoms. The van der Waals surface area contributed by atoms with Gasteiger partial charge in [0.1, 0.15) is 0 Å². The Morgan fingerprint density at radius 1 is 1.08 bits per heavy atom. The van der Waals surface area contributed by atoms with Crippen LogP contribution >= 0.6 is 0 Å². The predicted octanol–water partition coefficient (Wildman–Crippen LogP) is 0.789. The van der Waals surface area contributed by atoms with Crippen LogP contribution in [0.15, 0.2) is 12.2 Å². The van der Waals surface area contributed by atoms with Crippen molar-refractivity contribution in [1.82, 2.24) is 0 Å². The predicted molar refractivity (Wildman–Crippen MR) is 38.1 cm³/mol. The van der Waals surface area contributed by atoms with Crippen LogP contribution in [-0.4, -0.2) is 18.1 Å². The topological polar surface area (TPSA) is 69.7 Å². The van der Waals surface area contributed by atoms with E-state index in [0.717, 1.165) is 6.92 Å². The minimum absolute atomic E-state index is 0.0514. The quantitative estimate of drug-likeness (QED) is 0.332. The largest absolute Gasteiger partial charge is 0.524 e. The van der Waals surface area contributed by atoms with Crippen LogP contribution in [0, 0.1) is 0 Å². The molecule has 0 N–H and O–H groups in total. The Balaban J connectivity index is 3.94. The van der Waals surface area contributed by atoms with Gasteiger partial charge in [0.15, 0.2) is 0 Å². The number of ether oxygens (including phenoxy) is 2. The maximum atomic E-state index is 10.6. The Morgan fingerprint density at radius 3 is 1.92 bits per heavy atom. The molecule has 0 fully saturated rings. The van der Waals surface area contributed by atoms with Crippen molar-refractivity contribution in [2.24, 2.45) is 0 Å². The summed E-state index contributed by atoms with van der Waals surface area (Å²) in [6, 6.07) is 0. The molecule has 0 unspecified atom stereocenters. The smallest absolute Gasteiger partial charge is 0.360 e. The third-order valence-corrected chi connectivity index (χ3v) is 0.752. The van der Waals surface area contributed by atoms with Crippen molar-refractivity contribution in [2.75, 3.05) is 0 Å². The molecule has 0 aliphatic rings. The van der Waals surface area contributed by atoms with Gasteiger partial charge in [0.25, 0.3) is 0 Å². The van der Waals surface area contributed by atoms with Crippen LogP contribution in [0.1, 0.15) is 13.8 Å². The summed E-state index contributed by atoms with van der Waals surface area (Å²) in [4.78, 5) is 31.2. The number of hydrogen-bond donors (Lipinski definition) is 0. The van der Waals surface area contributed by atoms with Gasteiger partial charge in [-0.3, -0.25) is 4.79 Å². The van der Waals surface area contributed by atoms with E-state index in [-0.39, 0.29) is 5.57 Å². The van der Waals surface area contributed by atoms with Crippen molar-refractivity contribution in [2.45, 2.75) is 13.8 Å². The summed E-state index contributed by atoms with van der Waals surface area (Å²) in [6.45, 7) is 5.60. The lowest BCUT2D eigenvalue weighted by Gasteiger charge is -1.99. The molecule has 0 saturated carbocycles. The van der Waals surface area contributed by atoms with Crippen molar-refractivity contribution in [3.63, 3.8) is 0 Å². The number of esters is 2. The third kappa shape index (κ3) is 4.21. The van der Waals surface area contributed by atoms with Crippen LogP contribution in [0.2, 0.25) is 0 Å². The van der Waals surface area contributed by atoms with Crippen LogP contribution in [0.25, 0.3) is 0 Å². The maximum Gasteiger partial charge on any atom is 0.524 e. The van der Waals surface area contributed by atoms with Gasteiger partial charge >= 0.3 is 18.1 Å². The summed E-state index contributed by atoms with van der Waals surface area (Å²) in [6.07, 6.45) is -1.34. The van der Waals surface area contributed by atoms with Crippen LogP contribution < -0.4 is 0 Å². The Hall–Kier alpha value is -1.65. The molecule has 5 heteroatoms. The van der Waals surface area contributed by atoms with Gasteiger partial charge in [-0.25, -0.2) is 9.59 Å². The Morgan fingerprint density at radius 2 is 1.58 bits per heavy atom. The first kappa shape index (κ1) is 10.3. The minimum Gasteiger partial charge on any atom is -0.360 e. The molecule has 0 atom stereocenters. The molecule has 0 radical (unpaired) electrons. The first-order valence-corrected chi connectivity index (χ1v) is 3.03. The molecule has 0 aromatic heterocycles. The van der Waals surface area contributed by atoms with E-state index in [0.29, 0.717) is 0 Å². The fourth-order valence-electron chi connectivity index (χ4n) is 0.301. The van der Waals surface area contributed by atoms with Gasteiger partial charge in [0.2, 0.25) is 0 Å². The number of rotatable bonds is 1. The molecular weight excluding hydrogens is 164 g/mol. The van der Waals surface area contributed by atoms with Gasteiger partial charge in [-0.2, -0.15) is 0 Å². The summed E-state index contributed by atoms with van der Waals surface area (Å²) in [5.74, 6) is -1.75. The van der Waals surface area contributed by atoms with Crippen LogP contribution in [-0.2, 0) is 19.1 Å². The molecule has 0 heterocycles. The van der Waals surface area contributed by atoms with Crippen molar-refractivity contribution in [3.8, 4) is 0 Å². The zero-order valence-corrected chi connectivity index (χ0v) is 6.75. The molecule has 0 amide bonds. The summed E-state index contributed by atoms with van der Waals surface area (Å²) in [5, 5.41) is 0. The lowest BCUT2D eigenvalue weighted by molar-refractivity contribution is -0.142. The SMILES string of the molecule is C=C(C)C(=O)OC(=O)OC(C)=O. The van der Waals surface area contributed by atoms with E-state index in [1.807, 2.05) is 0 Å². The second-order valence-electron chi connectivity index (χ2n) is 2.01. The molecule has 66 valence electrons. The molecule has 0 aromatic rings. The first-order chi connectivity index (χ1) is 5.43. The average Bonchev–Trinajstić information content (AvgIpc) is 1.84. The molecule has 5 nitrogen and oxygen atoms in total. The highest BCUT2D eigenvalue weighted by Crippen LogP contribution is 1.94. The second kappa shape index (κ2) is 4.27. The van der Waals surface area contributed by atoms with Crippen LogP contribution in [0.4, 0.5) is 4.79 Å². The van der Waals surface area contributed by atoms with Crippen molar-refractivity contribution < 1.29 is 23.9 Å². The molecule has 0 bridgehead atoms. The molecule has 0 aliphatic heterocycles. The Bertz CT molecular complexity index is 240. The zero-order chi connectivity index (χ0) is 9.72. The van der Waals surface area contributed by atoms with Crippen LogP contribution in [0.3, 0.4) is 0 Å². The highest BCUT2D eigenvalue weighted by molar-refractivity contribution is 5.95. The van der Waals surface area contributed by atoms with Gasteiger partial charge in [-0.05, 0) is 6.92 Å². The number of carbonyl (C=O) groups excluding carboxylic acids is 3. The summed E-state index contributed by atoms with van der Waals surface area (Å²) in [5.41, 5.74) is 0.0514. The molecule has 12 heavy (non-hydrogen) atoms. The van der Waals surface area contributed by atoms with E-state index in [1.165, 1.54) is 6.92 Å². The summed E-state index contributed by atoms with van der Waals surface area (Å²) >= 11 is 0. The number of hydrogen-bond acceptors (Lipinski definition) is 5. The normalized spacial score (nSPS) is 8.50. The highest BCUT2D eigenvalue weighted by atomic mass is 16.8. The molecule has 0 rings (SSSR count). The minimum atomic E-state index is -1.34. The van der Waals surface area contributed by atoms with Gasteiger partial charge < -0.3 is 9.47 Å². The summed E-state index contributed by atoms with van der Waals surface area (Å²) in [7, 11) is 0. The third-order valence-electron chi connectivity index (χ3n) is 0.752. The molecular formula is C7H8O5. The number of carbonyl (C=O) groups is 3. The van der Waals surface area contributed by atoms with Crippen molar-refractivity contribution in [3.05, 3.63) is 12.2 Å². The standard InChI is InChI=1S/C7H8O5/c1-4(2)6(9)12-7(10)11-5(3)8/h1H2,2-3H3. The van der Waals surface area contributed by atoms with Gasteiger partial charge in [0.05, 0.1) is 0 Å². The lowest BCUT2D eigenvalue weighted by atomic mass is 10.4. The Kier molecular flexibility index (Phi) is 3.69. The van der Waals surface area contributed by atoms with Gasteiger partial charge in [-0.1, -0.05) is 6.58 Å². The molecule has 0 saturated heterocycles. The van der Waals surface area contributed by atoms with Gasteiger partial charge in [-0.15, -0.1) is 0 Å². The van der Waals surface area contributed by atoms with E-state index in [4.69, 9.17) is 0 Å². The molecule has 0 aliphatic carbocycles. The first-order valence-electron chi connectivity index (χ1n) is 3.03. The lowest BCUT2D eigenvalue weighted by Crippen LogP contribution is -2.16. The van der Waals surface area contributed by atoms with E-state index in [9.17, 15) is 14.4 Å². The van der Waals surface area contributed by atoms with E-state index in [1.54, 1.807) is 0 Å². The van der Waals surface area contributed by atoms with E-state index >= 15 is 0 Å². The van der Waals surface area contributed by atoms with E-state index < -0.39 is 18.1 Å². The summed E-state index contributed by atoms with van der Waals surface area (Å²) < 4.78 is 7.91. The van der Waals surface area contributed by atoms with E-state index in [2.05, 4.69) is 16.1 Å². The monoisotopic (exact) mass is 172 g/mol. The fourth-order valence-corrected chi connectivity index (χ4v) is 0.301. The average molecular weight is 172 g/mol. The van der Waals surface area contributed by atoms with Crippen LogP contribution in [0.5, 0.6) is 0 Å². The van der Waals surface area contributed by atoms with Crippen molar-refractivity contribution in [1.29, 1.82) is 0 Å². The Labute approximate surface area is 69.0 Å². The molecule has 0 aromatic carbocycles. The fraction of sp³-hybridized carbons (Fsp3) is 0.286. The zero-order valence-electron chi connectivity index (χ0n) is 6.75.